The first-order valence-corrected chi connectivity index (χ1v) is 17.0. The van der Waals surface area contributed by atoms with Crippen molar-refractivity contribution in [3.05, 3.63) is 68.1 Å². The summed E-state index contributed by atoms with van der Waals surface area (Å²) in [4.78, 5) is 27.4. The zero-order valence-electron chi connectivity index (χ0n) is 28.8. The molecule has 2 fully saturated rings. The van der Waals surface area contributed by atoms with Crippen molar-refractivity contribution in [2.75, 3.05) is 51.5 Å². The number of aromatic nitrogens is 4. The molecule has 1 aromatic carbocycles. The Kier molecular flexibility index (Phi) is 10.5. The molecule has 2 aromatic heterocycles. The number of benzene rings is 1. The summed E-state index contributed by atoms with van der Waals surface area (Å²) < 4.78 is 82.0. The lowest BCUT2D eigenvalue weighted by atomic mass is 9.93. The average Bonchev–Trinajstić information content (AvgIpc) is 3.73. The molecule has 2 unspecified atom stereocenters. The summed E-state index contributed by atoms with van der Waals surface area (Å²) in [6.07, 6.45) is -1.47. The van der Waals surface area contributed by atoms with Crippen LogP contribution in [0, 0.1) is 12.7 Å². The van der Waals surface area contributed by atoms with E-state index in [2.05, 4.69) is 20.0 Å². The summed E-state index contributed by atoms with van der Waals surface area (Å²) in [7, 11) is 4.70. The molecule has 6 heterocycles. The van der Waals surface area contributed by atoms with E-state index < -0.39 is 39.9 Å². The Morgan fingerprint density at radius 1 is 1.16 bits per heavy atom. The Labute approximate surface area is 297 Å². The second-order valence-corrected chi connectivity index (χ2v) is 13.8. The molecule has 4 aliphatic rings. The molecule has 7 rings (SSSR count). The number of rotatable bonds is 4. The van der Waals surface area contributed by atoms with Crippen LogP contribution in [0.5, 0.6) is 6.01 Å². The van der Waals surface area contributed by atoms with Crippen LogP contribution in [0.3, 0.4) is 0 Å². The molecular formula is C34H40ClF5N8O3. The van der Waals surface area contributed by atoms with E-state index in [1.165, 1.54) is 31.4 Å². The van der Waals surface area contributed by atoms with Crippen molar-refractivity contribution in [2.24, 2.45) is 0 Å². The van der Waals surface area contributed by atoms with Gasteiger partial charge in [-0.1, -0.05) is 11.6 Å². The molecule has 276 valence electrons. The molecule has 2 N–H and O–H groups in total. The average molecular weight is 739 g/mol. The highest BCUT2D eigenvalue weighted by molar-refractivity contribution is 6.31. The minimum Gasteiger partial charge on any atom is -0.467 e. The minimum atomic E-state index is -4.95. The molecule has 0 aliphatic carbocycles. The number of hydrogen-bond acceptors (Lipinski definition) is 9. The van der Waals surface area contributed by atoms with Gasteiger partial charge in [0.05, 0.1) is 60.4 Å². The lowest BCUT2D eigenvalue weighted by molar-refractivity contribution is -0.140. The second-order valence-electron chi connectivity index (χ2n) is 13.4. The smallest absolute Gasteiger partial charge is 0.418 e. The number of halogens is 6. The normalized spacial score (nSPS) is 21.1. The van der Waals surface area contributed by atoms with Gasteiger partial charge in [0, 0.05) is 62.9 Å². The topological polar surface area (TPSA) is 115 Å². The van der Waals surface area contributed by atoms with Crippen LogP contribution < -0.4 is 15.4 Å². The zero-order valence-corrected chi connectivity index (χ0v) is 29.5. The summed E-state index contributed by atoms with van der Waals surface area (Å²) in [5.74, 6) is -0.972. The molecule has 0 radical (unpaired) electrons. The molecule has 4 aliphatic heterocycles. The third-order valence-electron chi connectivity index (χ3n) is 9.85. The van der Waals surface area contributed by atoms with E-state index >= 15 is 4.39 Å². The number of nitrogen functional groups attached to an aromatic ring is 1. The number of nitrogens with zero attached hydrogens (tertiary/aromatic N) is 7. The first kappa shape index (κ1) is 36.8. The van der Waals surface area contributed by atoms with Gasteiger partial charge in [-0.25, -0.2) is 8.78 Å². The lowest BCUT2D eigenvalue weighted by Crippen LogP contribution is -2.29. The molecule has 0 spiro atoms. The highest BCUT2D eigenvalue weighted by Crippen LogP contribution is 2.46. The van der Waals surface area contributed by atoms with Gasteiger partial charge in [0.2, 0.25) is 0 Å². The maximum atomic E-state index is 15.1. The molecule has 17 heteroatoms. The maximum absolute atomic E-state index is 15.1. The number of nitrogens with two attached hydrogens (primary N) is 1. The fraction of sp³-hybridized carbons (Fsp3) is 0.529. The van der Waals surface area contributed by atoms with Crippen molar-refractivity contribution in [3.8, 4) is 6.01 Å². The first-order valence-electron chi connectivity index (χ1n) is 16.7. The number of alkyl halides is 3. The van der Waals surface area contributed by atoms with E-state index in [1.807, 2.05) is 16.5 Å². The number of carbonyl (C=O) groups is 1. The molecule has 51 heavy (non-hydrogen) atoms. The van der Waals surface area contributed by atoms with Crippen molar-refractivity contribution in [1.82, 2.24) is 29.5 Å². The van der Waals surface area contributed by atoms with Crippen LogP contribution in [0.1, 0.15) is 75.9 Å². The largest absolute Gasteiger partial charge is 0.467 e. The SMILES string of the molecule is COc1nc2c(c(N3CCCn4nc(C(=O)N(C)C)c(C)c4C3)n1)COC(c1c(F)c(N)cc(Cl)c1C(F)(F)F)C2.F/C=C1/CC2CCCN2C1. The Morgan fingerprint density at radius 2 is 1.92 bits per heavy atom. The standard InChI is InChI=1S/C26H28ClF4N7O3.C8H12FN/c1-12-17-10-37(6-5-7-38(17)35-22(12)24(39)36(2)3)23-13-11-41-18(9-16(13)33-25(34-23)40-4)19-20(26(29,30)31)14(27)8-15(32)21(19)28;9-5-7-4-8-2-1-3-10(8)6-7/h8,18H,5-7,9-11,32H2,1-4H3;5,8H,1-4,6H2/b;7-5-. The van der Waals surface area contributed by atoms with Gasteiger partial charge in [0.15, 0.2) is 11.5 Å². The minimum absolute atomic E-state index is 0.000485. The number of hydrogen-bond donors (Lipinski definition) is 1. The quantitative estimate of drug-likeness (QED) is 0.254. The summed E-state index contributed by atoms with van der Waals surface area (Å²) in [5, 5.41) is 3.83. The van der Waals surface area contributed by atoms with Crippen LogP contribution >= 0.6 is 11.6 Å². The molecule has 2 saturated heterocycles. The van der Waals surface area contributed by atoms with Crippen molar-refractivity contribution >= 4 is 29.0 Å². The monoisotopic (exact) mass is 738 g/mol. The number of fused-ring (bicyclic) bond motifs is 3. The van der Waals surface area contributed by atoms with Gasteiger partial charge < -0.3 is 25.0 Å². The van der Waals surface area contributed by atoms with E-state index in [1.54, 1.807) is 14.1 Å². The van der Waals surface area contributed by atoms with Crippen molar-refractivity contribution < 1.29 is 36.2 Å². The summed E-state index contributed by atoms with van der Waals surface area (Å²) >= 11 is 5.89. The summed E-state index contributed by atoms with van der Waals surface area (Å²) in [6.45, 7) is 5.21. The number of methoxy groups -OCH3 is 1. The van der Waals surface area contributed by atoms with E-state index in [0.717, 1.165) is 42.2 Å². The Morgan fingerprint density at radius 3 is 2.59 bits per heavy atom. The third kappa shape index (κ3) is 7.22. The Bertz CT molecular complexity index is 1840. The van der Waals surface area contributed by atoms with Crippen LogP contribution in [0.15, 0.2) is 18.0 Å². The van der Waals surface area contributed by atoms with Crippen LogP contribution in [-0.4, -0.2) is 82.3 Å². The van der Waals surface area contributed by atoms with E-state index in [0.29, 0.717) is 54.9 Å². The fourth-order valence-electron chi connectivity index (χ4n) is 7.30. The van der Waals surface area contributed by atoms with Gasteiger partial charge in [-0.05, 0) is 50.8 Å². The van der Waals surface area contributed by atoms with Crippen molar-refractivity contribution in [3.63, 3.8) is 0 Å². The van der Waals surface area contributed by atoms with Crippen LogP contribution in [0.4, 0.5) is 33.5 Å². The van der Waals surface area contributed by atoms with Gasteiger partial charge in [-0.3, -0.25) is 14.4 Å². The summed E-state index contributed by atoms with van der Waals surface area (Å²) in [6, 6.07) is 1.42. The van der Waals surface area contributed by atoms with Gasteiger partial charge in [-0.15, -0.1) is 0 Å². The van der Waals surface area contributed by atoms with Gasteiger partial charge in [0.25, 0.3) is 5.91 Å². The predicted molar refractivity (Wildman–Crippen MR) is 180 cm³/mol. The van der Waals surface area contributed by atoms with Crippen LogP contribution in [0.2, 0.25) is 5.02 Å². The Hall–Kier alpha value is -4.02. The molecule has 0 bridgehead atoms. The summed E-state index contributed by atoms with van der Waals surface area (Å²) in [5.41, 5.74) is 6.86. The molecule has 1 amide bonds. The highest BCUT2D eigenvalue weighted by atomic mass is 35.5. The number of ether oxygens (including phenoxy) is 2. The lowest BCUT2D eigenvalue weighted by Gasteiger charge is -2.31. The molecule has 11 nitrogen and oxygen atoms in total. The van der Waals surface area contributed by atoms with Gasteiger partial charge in [-0.2, -0.15) is 28.2 Å². The van der Waals surface area contributed by atoms with Gasteiger partial charge >= 0.3 is 12.2 Å². The van der Waals surface area contributed by atoms with Crippen LogP contribution in [-0.2, 0) is 37.0 Å². The van der Waals surface area contributed by atoms with Crippen molar-refractivity contribution in [1.29, 1.82) is 0 Å². The number of anilines is 2. The zero-order chi connectivity index (χ0) is 36.8. The molecule has 2 atom stereocenters. The fourth-order valence-corrected chi connectivity index (χ4v) is 7.63. The van der Waals surface area contributed by atoms with Gasteiger partial charge in [0.1, 0.15) is 5.82 Å². The second kappa shape index (κ2) is 14.5. The van der Waals surface area contributed by atoms with E-state index in [4.69, 9.17) is 26.8 Å². The molecule has 0 saturated carbocycles. The molecular weight excluding hydrogens is 699 g/mol. The number of amides is 1. The molecule has 3 aromatic rings. The van der Waals surface area contributed by atoms with E-state index in [-0.39, 0.29) is 24.9 Å². The Balaban J connectivity index is 0.000000381. The number of carbonyl (C=O) groups excluding carboxylic acids is 1. The van der Waals surface area contributed by atoms with Crippen LogP contribution in [0.25, 0.3) is 0 Å². The maximum Gasteiger partial charge on any atom is 0.418 e. The van der Waals surface area contributed by atoms with Crippen molar-refractivity contribution in [2.45, 2.75) is 77.0 Å². The number of aryl methyl sites for hydroxylation is 1. The third-order valence-corrected chi connectivity index (χ3v) is 10.1. The first-order chi connectivity index (χ1) is 24.2. The predicted octanol–water partition coefficient (Wildman–Crippen LogP) is 6.02. The highest BCUT2D eigenvalue weighted by Gasteiger charge is 2.42. The van der Waals surface area contributed by atoms with E-state index in [9.17, 15) is 22.4 Å².